The minimum Gasteiger partial charge on any atom is -0.325 e. The first kappa shape index (κ1) is 11.7. The van der Waals surface area contributed by atoms with E-state index >= 15 is 0 Å². The third-order valence-electron chi connectivity index (χ3n) is 1.71. The SMILES string of the molecule is NCc1ncc(C(F)F)c(Cl)c1[N+](=O)[O-]. The highest BCUT2D eigenvalue weighted by Gasteiger charge is 2.26. The smallest absolute Gasteiger partial charge is 0.310 e. The van der Waals surface area contributed by atoms with Gasteiger partial charge in [0.25, 0.3) is 6.43 Å². The summed E-state index contributed by atoms with van der Waals surface area (Å²) < 4.78 is 24.7. The fourth-order valence-corrected chi connectivity index (χ4v) is 1.33. The van der Waals surface area contributed by atoms with E-state index in [-0.39, 0.29) is 12.2 Å². The van der Waals surface area contributed by atoms with Gasteiger partial charge in [-0.15, -0.1) is 0 Å². The summed E-state index contributed by atoms with van der Waals surface area (Å²) in [5.74, 6) is 0. The Morgan fingerprint density at radius 3 is 2.67 bits per heavy atom. The summed E-state index contributed by atoms with van der Waals surface area (Å²) in [7, 11) is 0. The van der Waals surface area contributed by atoms with Crippen molar-refractivity contribution in [2.75, 3.05) is 0 Å². The van der Waals surface area contributed by atoms with Crippen molar-refractivity contribution < 1.29 is 13.7 Å². The van der Waals surface area contributed by atoms with E-state index in [1.165, 1.54) is 0 Å². The van der Waals surface area contributed by atoms with Crippen LogP contribution in [0.15, 0.2) is 6.20 Å². The van der Waals surface area contributed by atoms with Gasteiger partial charge >= 0.3 is 5.69 Å². The van der Waals surface area contributed by atoms with E-state index < -0.39 is 27.6 Å². The molecule has 0 saturated heterocycles. The lowest BCUT2D eigenvalue weighted by molar-refractivity contribution is -0.385. The Morgan fingerprint density at radius 2 is 2.27 bits per heavy atom. The number of halogens is 3. The topological polar surface area (TPSA) is 82.0 Å². The Balaban J connectivity index is 3.42. The molecule has 2 N–H and O–H groups in total. The fraction of sp³-hybridized carbons (Fsp3) is 0.286. The van der Waals surface area contributed by atoms with Crippen LogP contribution in [-0.4, -0.2) is 9.91 Å². The van der Waals surface area contributed by atoms with Crippen LogP contribution in [0.5, 0.6) is 0 Å². The molecule has 0 aromatic carbocycles. The molecule has 1 rings (SSSR count). The lowest BCUT2D eigenvalue weighted by Gasteiger charge is -2.05. The van der Waals surface area contributed by atoms with E-state index in [1.54, 1.807) is 0 Å². The van der Waals surface area contributed by atoms with E-state index in [2.05, 4.69) is 4.98 Å². The van der Waals surface area contributed by atoms with Gasteiger partial charge in [0.05, 0.1) is 10.5 Å². The second kappa shape index (κ2) is 4.45. The zero-order valence-electron chi connectivity index (χ0n) is 7.28. The van der Waals surface area contributed by atoms with Gasteiger partial charge in [0.2, 0.25) is 0 Å². The zero-order valence-corrected chi connectivity index (χ0v) is 8.04. The Morgan fingerprint density at radius 1 is 1.67 bits per heavy atom. The van der Waals surface area contributed by atoms with Gasteiger partial charge in [-0.05, 0) is 0 Å². The molecule has 0 radical (unpaired) electrons. The van der Waals surface area contributed by atoms with Crippen LogP contribution in [-0.2, 0) is 6.54 Å². The van der Waals surface area contributed by atoms with Crippen LogP contribution in [0.2, 0.25) is 5.02 Å². The summed E-state index contributed by atoms with van der Waals surface area (Å²) in [5.41, 5.74) is 3.73. The Bertz CT molecular complexity index is 400. The number of pyridine rings is 1. The standard InChI is InChI=1S/C7H6ClF2N3O2/c8-5-3(7(9)10)2-12-4(1-11)6(5)13(14)15/h2,7H,1,11H2. The Hall–Kier alpha value is -1.34. The molecule has 5 nitrogen and oxygen atoms in total. The van der Waals surface area contributed by atoms with E-state index in [1.807, 2.05) is 0 Å². The van der Waals surface area contributed by atoms with Crippen LogP contribution in [0, 0.1) is 10.1 Å². The second-order valence-corrected chi connectivity index (χ2v) is 2.96. The largest absolute Gasteiger partial charge is 0.325 e. The van der Waals surface area contributed by atoms with Crippen LogP contribution < -0.4 is 5.73 Å². The van der Waals surface area contributed by atoms with Crippen molar-refractivity contribution in [1.29, 1.82) is 0 Å². The van der Waals surface area contributed by atoms with Crippen molar-refractivity contribution in [3.05, 3.63) is 32.6 Å². The first-order chi connectivity index (χ1) is 6.99. The highest BCUT2D eigenvalue weighted by Crippen LogP contribution is 2.35. The first-order valence-corrected chi connectivity index (χ1v) is 4.16. The molecule has 0 bridgehead atoms. The molecule has 8 heteroatoms. The number of rotatable bonds is 3. The molecule has 15 heavy (non-hydrogen) atoms. The van der Waals surface area contributed by atoms with Gasteiger partial charge in [-0.25, -0.2) is 8.78 Å². The average molecular weight is 238 g/mol. The van der Waals surface area contributed by atoms with Crippen LogP contribution >= 0.6 is 11.6 Å². The molecule has 0 fully saturated rings. The lowest BCUT2D eigenvalue weighted by atomic mass is 10.2. The number of hydrogen-bond donors (Lipinski definition) is 1. The molecular formula is C7H6ClF2N3O2. The number of hydrogen-bond acceptors (Lipinski definition) is 4. The van der Waals surface area contributed by atoms with Gasteiger partial charge in [0.15, 0.2) is 0 Å². The molecule has 0 unspecified atom stereocenters. The Kier molecular flexibility index (Phi) is 3.48. The molecule has 1 heterocycles. The van der Waals surface area contributed by atoms with Crippen molar-refractivity contribution in [3.8, 4) is 0 Å². The number of aromatic nitrogens is 1. The third-order valence-corrected chi connectivity index (χ3v) is 2.10. The molecule has 1 aromatic rings. The highest BCUT2D eigenvalue weighted by atomic mass is 35.5. The number of alkyl halides is 2. The van der Waals surface area contributed by atoms with E-state index in [0.29, 0.717) is 0 Å². The molecule has 0 saturated carbocycles. The number of nitrogens with two attached hydrogens (primary N) is 1. The summed E-state index contributed by atoms with van der Waals surface area (Å²) in [6, 6.07) is 0. The Labute approximate surface area is 88.0 Å². The summed E-state index contributed by atoms with van der Waals surface area (Å²) in [4.78, 5) is 13.2. The van der Waals surface area contributed by atoms with Gasteiger partial charge in [0, 0.05) is 12.7 Å². The molecule has 0 aliphatic heterocycles. The summed E-state index contributed by atoms with van der Waals surface area (Å²) in [5, 5.41) is 9.95. The van der Waals surface area contributed by atoms with Crippen molar-refractivity contribution in [1.82, 2.24) is 4.98 Å². The average Bonchev–Trinajstić information content (AvgIpc) is 2.15. The highest BCUT2D eigenvalue weighted by molar-refractivity contribution is 6.33. The molecule has 0 spiro atoms. The molecule has 1 aromatic heterocycles. The summed E-state index contributed by atoms with van der Waals surface area (Å²) in [6.07, 6.45) is -2.11. The van der Waals surface area contributed by atoms with Crippen molar-refractivity contribution in [2.24, 2.45) is 5.73 Å². The monoisotopic (exact) mass is 237 g/mol. The molecule has 82 valence electrons. The van der Waals surface area contributed by atoms with Crippen molar-refractivity contribution in [3.63, 3.8) is 0 Å². The quantitative estimate of drug-likeness (QED) is 0.644. The minimum absolute atomic E-state index is 0.116. The van der Waals surface area contributed by atoms with Gasteiger partial charge in [0.1, 0.15) is 10.7 Å². The normalized spacial score (nSPS) is 10.7. The van der Waals surface area contributed by atoms with E-state index in [0.717, 1.165) is 6.20 Å². The summed E-state index contributed by atoms with van der Waals surface area (Å²) in [6.45, 7) is -0.237. The lowest BCUT2D eigenvalue weighted by Crippen LogP contribution is -2.07. The van der Waals surface area contributed by atoms with E-state index in [9.17, 15) is 18.9 Å². The molecule has 0 aliphatic carbocycles. The minimum atomic E-state index is -2.91. The second-order valence-electron chi connectivity index (χ2n) is 2.58. The van der Waals surface area contributed by atoms with Gasteiger partial charge < -0.3 is 5.73 Å². The van der Waals surface area contributed by atoms with E-state index in [4.69, 9.17) is 17.3 Å². The molecule has 0 amide bonds. The maximum atomic E-state index is 12.3. The number of nitro groups is 1. The van der Waals surface area contributed by atoms with Crippen molar-refractivity contribution >= 4 is 17.3 Å². The fourth-order valence-electron chi connectivity index (χ4n) is 1.02. The first-order valence-electron chi connectivity index (χ1n) is 3.79. The van der Waals surface area contributed by atoms with Crippen molar-refractivity contribution in [2.45, 2.75) is 13.0 Å². The maximum absolute atomic E-state index is 12.3. The predicted octanol–water partition coefficient (Wildman–Crippen LogP) is 2.04. The van der Waals surface area contributed by atoms with Crippen LogP contribution in [0.25, 0.3) is 0 Å². The molecular weight excluding hydrogens is 232 g/mol. The van der Waals surface area contributed by atoms with Crippen LogP contribution in [0.3, 0.4) is 0 Å². The molecule has 0 aliphatic rings. The zero-order chi connectivity index (χ0) is 11.6. The molecule has 0 atom stereocenters. The van der Waals surface area contributed by atoms with Gasteiger partial charge in [-0.1, -0.05) is 11.6 Å². The van der Waals surface area contributed by atoms with Crippen LogP contribution in [0.4, 0.5) is 14.5 Å². The number of nitrogens with zero attached hydrogens (tertiary/aromatic N) is 2. The maximum Gasteiger partial charge on any atom is 0.310 e. The van der Waals surface area contributed by atoms with Gasteiger partial charge in [-0.3, -0.25) is 15.1 Å². The third kappa shape index (κ3) is 2.18. The summed E-state index contributed by atoms with van der Waals surface area (Å²) >= 11 is 5.47. The predicted molar refractivity (Wildman–Crippen MR) is 48.7 cm³/mol. The van der Waals surface area contributed by atoms with Crippen LogP contribution in [0.1, 0.15) is 17.7 Å². The van der Waals surface area contributed by atoms with Gasteiger partial charge in [-0.2, -0.15) is 0 Å².